The molecule has 0 aliphatic carbocycles. The van der Waals surface area contributed by atoms with Crippen LogP contribution in [0.15, 0.2) is 0 Å². The third-order valence-electron chi connectivity index (χ3n) is 1.97. The van der Waals surface area contributed by atoms with E-state index >= 15 is 0 Å². The molecule has 0 saturated heterocycles. The molecule has 0 rings (SSSR count). The number of hydrogen-bond acceptors (Lipinski definition) is 4. The summed E-state index contributed by atoms with van der Waals surface area (Å²) in [7, 11) is -2.99. The maximum Gasteiger partial charge on any atom is 0.108 e. The van der Waals surface area contributed by atoms with E-state index < -0.39 is 27.9 Å². The molecule has 0 radical (unpaired) electrons. The van der Waals surface area contributed by atoms with E-state index in [0.717, 1.165) is 0 Å². The second-order valence-corrected chi connectivity index (χ2v) is 42.5. The van der Waals surface area contributed by atoms with Crippen LogP contribution in [0.3, 0.4) is 0 Å². The highest BCUT2D eigenvalue weighted by Crippen LogP contribution is 2.78. The van der Waals surface area contributed by atoms with Gasteiger partial charge >= 0.3 is 0 Å². The highest BCUT2D eigenvalue weighted by atomic mass is 33.5. The monoisotopic (exact) mass is 420 g/mol. The van der Waals surface area contributed by atoms with Crippen molar-refractivity contribution in [2.75, 3.05) is 16.1 Å². The first-order valence-corrected chi connectivity index (χ1v) is 25.9. The molecule has 0 bridgehead atoms. The van der Waals surface area contributed by atoms with E-state index in [-0.39, 0.29) is 0 Å². The molecule has 0 heterocycles. The summed E-state index contributed by atoms with van der Waals surface area (Å²) in [6.45, 7) is 22.2. The molecule has 0 aromatic carbocycles. The Morgan fingerprint density at radius 2 is 0.800 bits per heavy atom. The van der Waals surface area contributed by atoms with Crippen LogP contribution in [0.5, 0.6) is 0 Å². The first-order chi connectivity index (χ1) is 8.62. The smallest absolute Gasteiger partial charge is 0.107 e. The zero-order valence-corrected chi connectivity index (χ0v) is 21.9. The Kier molecular flexibility index (Phi) is 9.44. The third kappa shape index (κ3) is 14.0. The van der Waals surface area contributed by atoms with Gasteiger partial charge in [0.15, 0.2) is 0 Å². The van der Waals surface area contributed by atoms with Gasteiger partial charge in [0.2, 0.25) is 0 Å². The van der Waals surface area contributed by atoms with Crippen molar-refractivity contribution in [2.45, 2.75) is 58.9 Å². The molecule has 0 fully saturated rings. The first kappa shape index (κ1) is 22.4. The summed E-state index contributed by atoms with van der Waals surface area (Å²) in [4.78, 5) is 0. The number of hydrogen-bond donors (Lipinski definition) is 0. The van der Waals surface area contributed by atoms with Crippen LogP contribution in [0.4, 0.5) is 0 Å². The summed E-state index contributed by atoms with van der Waals surface area (Å²) in [5.41, 5.74) is 0. The fourth-order valence-electron chi connectivity index (χ4n) is 0.930. The fourth-order valence-corrected chi connectivity index (χ4v) is 37.9. The third-order valence-corrected chi connectivity index (χ3v) is 29.7. The Bertz CT molecular complexity index is 290. The Labute approximate surface area is 148 Å². The molecule has 8 heteroatoms. The van der Waals surface area contributed by atoms with Crippen molar-refractivity contribution >= 4 is 73.8 Å². The summed E-state index contributed by atoms with van der Waals surface area (Å²) < 4.78 is -1.32. The van der Waals surface area contributed by atoms with Crippen LogP contribution in [0.1, 0.15) is 0 Å². The van der Waals surface area contributed by atoms with Crippen LogP contribution in [-0.2, 0) is 11.8 Å². The highest BCUT2D eigenvalue weighted by Gasteiger charge is 2.28. The predicted molar refractivity (Wildman–Crippen MR) is 122 cm³/mol. The van der Waals surface area contributed by atoms with Crippen molar-refractivity contribution in [3.63, 3.8) is 0 Å². The molecule has 0 nitrogen and oxygen atoms in total. The van der Waals surface area contributed by atoms with Crippen molar-refractivity contribution in [1.82, 2.24) is 0 Å². The largest absolute Gasteiger partial charge is 0.108 e. The van der Waals surface area contributed by atoms with E-state index in [1.54, 1.807) is 0 Å². The summed E-state index contributed by atoms with van der Waals surface area (Å²) in [5.74, 6) is 0. The molecule has 0 spiro atoms. The van der Waals surface area contributed by atoms with Crippen molar-refractivity contribution in [2.24, 2.45) is 0 Å². The van der Waals surface area contributed by atoms with Gasteiger partial charge in [-0.15, -0.1) is 34.1 Å². The average Bonchev–Trinajstić information content (AvgIpc) is 2.18. The fraction of sp³-hybridized carbons (Fsp3) is 1.00. The molecule has 0 aromatic heterocycles. The lowest BCUT2D eigenvalue weighted by atomic mass is 11.8. The normalized spacial score (nSPS) is 14.7. The van der Waals surface area contributed by atoms with E-state index in [9.17, 15) is 0 Å². The standard InChI is InChI=1S/C12H33PS4Si3/c1-18(2,3)10-15-13(14,16-11-19(4,5)6)17-12-20(7,8)9/h10-12H2,1-9H3. The molecule has 0 amide bonds. The molecule has 0 N–H and O–H groups in total. The van der Waals surface area contributed by atoms with Crippen LogP contribution in [0.25, 0.3) is 0 Å². The summed E-state index contributed by atoms with van der Waals surface area (Å²) in [6, 6.07) is 0. The van der Waals surface area contributed by atoms with Gasteiger partial charge in [-0.05, 0) is 16.1 Å². The van der Waals surface area contributed by atoms with Gasteiger partial charge in [-0.3, -0.25) is 0 Å². The first-order valence-electron chi connectivity index (χ1n) is 7.16. The molecule has 0 aliphatic heterocycles. The van der Waals surface area contributed by atoms with Crippen molar-refractivity contribution < 1.29 is 0 Å². The van der Waals surface area contributed by atoms with E-state index in [0.29, 0.717) is 0 Å². The van der Waals surface area contributed by atoms with Crippen molar-refractivity contribution in [3.8, 4) is 0 Å². The van der Waals surface area contributed by atoms with Gasteiger partial charge in [0.1, 0.15) is 3.64 Å². The van der Waals surface area contributed by atoms with Gasteiger partial charge in [-0.1, -0.05) is 70.7 Å². The SMILES string of the molecule is C[Si](C)(C)CSP(=S)(SC[Si](C)(C)C)SC[Si](C)(C)C. The minimum absolute atomic E-state index is 0.997. The van der Waals surface area contributed by atoms with Gasteiger partial charge in [-0.2, -0.15) is 0 Å². The quantitative estimate of drug-likeness (QED) is 0.289. The Morgan fingerprint density at radius 3 is 0.950 bits per heavy atom. The Hall–Kier alpha value is 2.35. The summed E-state index contributed by atoms with van der Waals surface area (Å²) >= 11 is 12.7. The van der Waals surface area contributed by atoms with E-state index in [4.69, 9.17) is 11.8 Å². The van der Waals surface area contributed by atoms with Crippen LogP contribution >= 0.6 is 37.8 Å². The maximum atomic E-state index is 6.17. The van der Waals surface area contributed by atoms with Crippen LogP contribution in [0.2, 0.25) is 58.9 Å². The number of rotatable bonds is 9. The van der Waals surface area contributed by atoms with Gasteiger partial charge < -0.3 is 0 Å². The second-order valence-electron chi connectivity index (χ2n) is 8.95. The zero-order valence-electron chi connectivity index (χ0n) is 14.7. The highest BCUT2D eigenvalue weighted by molar-refractivity contribution is 9.23. The minimum atomic E-state index is -1.32. The lowest BCUT2D eigenvalue weighted by Gasteiger charge is -2.28. The second kappa shape index (κ2) is 8.45. The molecular formula is C12H33PS4Si3. The average molecular weight is 421 g/mol. The van der Waals surface area contributed by atoms with E-state index in [2.05, 4.69) is 93.1 Å². The summed E-state index contributed by atoms with van der Waals surface area (Å²) in [5, 5.41) is 4.00. The molecule has 0 saturated carbocycles. The molecular weight excluding hydrogens is 388 g/mol. The minimum Gasteiger partial charge on any atom is -0.107 e. The van der Waals surface area contributed by atoms with Gasteiger partial charge in [0.25, 0.3) is 0 Å². The topological polar surface area (TPSA) is 0 Å². The summed E-state index contributed by atoms with van der Waals surface area (Å²) in [6.07, 6.45) is 0. The van der Waals surface area contributed by atoms with Gasteiger partial charge in [0, 0.05) is 0 Å². The lowest BCUT2D eigenvalue weighted by Crippen LogP contribution is -2.25. The Morgan fingerprint density at radius 1 is 0.600 bits per heavy atom. The Balaban J connectivity index is 4.71. The van der Waals surface area contributed by atoms with Gasteiger partial charge in [-0.25, -0.2) is 0 Å². The predicted octanol–water partition coefficient (Wildman–Crippen LogP) is 7.04. The van der Waals surface area contributed by atoms with Crippen LogP contribution in [0, 0.1) is 0 Å². The van der Waals surface area contributed by atoms with E-state index in [1.807, 2.05) is 0 Å². The van der Waals surface area contributed by atoms with Crippen molar-refractivity contribution in [3.05, 3.63) is 0 Å². The van der Waals surface area contributed by atoms with Crippen molar-refractivity contribution in [1.29, 1.82) is 0 Å². The molecule has 0 unspecified atom stereocenters. The van der Waals surface area contributed by atoms with Gasteiger partial charge in [0.05, 0.1) is 24.2 Å². The molecule has 122 valence electrons. The molecule has 0 aromatic rings. The molecule has 0 aliphatic rings. The van der Waals surface area contributed by atoms with E-state index in [1.165, 1.54) is 16.1 Å². The maximum absolute atomic E-state index is 6.17. The molecule has 20 heavy (non-hydrogen) atoms. The lowest BCUT2D eigenvalue weighted by molar-refractivity contribution is 1.68. The zero-order chi connectivity index (χ0) is 16.2. The molecule has 0 atom stereocenters. The van der Waals surface area contributed by atoms with Crippen LogP contribution < -0.4 is 0 Å². The van der Waals surface area contributed by atoms with Crippen LogP contribution in [-0.4, -0.2) is 40.4 Å².